The topological polar surface area (TPSA) is 88.7 Å². The molecule has 27 heavy (non-hydrogen) atoms. The molecule has 0 saturated carbocycles. The number of aryl methyl sites for hydroxylation is 1. The number of nitrogens with one attached hydrogen (secondary N) is 2. The maximum absolute atomic E-state index is 12.1. The molecule has 0 spiro atoms. The van der Waals surface area contributed by atoms with E-state index in [-0.39, 0.29) is 48.4 Å². The zero-order valence-electron chi connectivity index (χ0n) is 15.3. The summed E-state index contributed by atoms with van der Waals surface area (Å²) in [6, 6.07) is 15.7. The summed E-state index contributed by atoms with van der Waals surface area (Å²) in [7, 11) is 0. The van der Waals surface area contributed by atoms with E-state index in [9.17, 15) is 4.79 Å². The highest BCUT2D eigenvalue weighted by atomic mass is 127. The van der Waals surface area contributed by atoms with Crippen molar-refractivity contribution in [2.24, 2.45) is 10.7 Å². The average molecular weight is 480 g/mol. The molecule has 144 valence electrons. The molecule has 0 fully saturated rings. The van der Waals surface area contributed by atoms with E-state index in [0.717, 1.165) is 29.8 Å². The van der Waals surface area contributed by atoms with Crippen molar-refractivity contribution in [3.63, 3.8) is 0 Å². The third-order valence-electron chi connectivity index (χ3n) is 4.29. The molecule has 0 aliphatic carbocycles. The highest BCUT2D eigenvalue weighted by Gasteiger charge is 2.21. The molecule has 4 N–H and O–H groups in total. The summed E-state index contributed by atoms with van der Waals surface area (Å²) < 4.78 is 5.63. The van der Waals surface area contributed by atoms with E-state index in [0.29, 0.717) is 6.61 Å². The van der Waals surface area contributed by atoms with E-state index < -0.39 is 0 Å². The fraction of sp³-hybridized carbons (Fsp3) is 0.300. The van der Waals surface area contributed by atoms with Crippen LogP contribution >= 0.6 is 24.0 Å². The van der Waals surface area contributed by atoms with Crippen molar-refractivity contribution in [3.05, 3.63) is 59.7 Å². The molecular formula is C20H25IN4O2. The number of amides is 1. The van der Waals surface area contributed by atoms with Crippen molar-refractivity contribution in [3.8, 4) is 5.75 Å². The number of guanidine groups is 1. The van der Waals surface area contributed by atoms with Crippen molar-refractivity contribution in [1.29, 1.82) is 0 Å². The molecule has 1 heterocycles. The van der Waals surface area contributed by atoms with Crippen molar-refractivity contribution >= 4 is 41.5 Å². The predicted octanol–water partition coefficient (Wildman–Crippen LogP) is 3.23. The highest BCUT2D eigenvalue weighted by molar-refractivity contribution is 14.0. The van der Waals surface area contributed by atoms with Crippen LogP contribution in [0, 0.1) is 0 Å². The van der Waals surface area contributed by atoms with Gasteiger partial charge in [0, 0.05) is 17.7 Å². The lowest BCUT2D eigenvalue weighted by molar-refractivity contribution is -0.114. The van der Waals surface area contributed by atoms with Crippen LogP contribution < -0.4 is 21.1 Å². The van der Waals surface area contributed by atoms with Gasteiger partial charge in [0.2, 0.25) is 5.91 Å². The standard InChI is InChI=1S/C20H24N4O2.HI/c1-2-14-6-5-7-15(12-14)23-19(25)13-22-20(21)24-17-10-11-26-18-9-4-3-8-16(17)18;/h3-9,12,17H,2,10-11,13H2,1H3,(H,23,25)(H3,21,22,24);1H. The van der Waals surface area contributed by atoms with Gasteiger partial charge in [-0.3, -0.25) is 4.79 Å². The molecule has 1 unspecified atom stereocenters. The van der Waals surface area contributed by atoms with Crippen molar-refractivity contribution < 1.29 is 9.53 Å². The summed E-state index contributed by atoms with van der Waals surface area (Å²) in [6.45, 7) is 2.67. The van der Waals surface area contributed by atoms with Gasteiger partial charge in [-0.05, 0) is 30.2 Å². The summed E-state index contributed by atoms with van der Waals surface area (Å²) in [6.07, 6.45) is 1.72. The minimum Gasteiger partial charge on any atom is -0.493 e. The number of hydrogen-bond acceptors (Lipinski definition) is 3. The van der Waals surface area contributed by atoms with Crippen LogP contribution in [0.1, 0.15) is 30.5 Å². The maximum atomic E-state index is 12.1. The van der Waals surface area contributed by atoms with E-state index in [2.05, 4.69) is 22.5 Å². The van der Waals surface area contributed by atoms with Gasteiger partial charge < -0.3 is 21.1 Å². The van der Waals surface area contributed by atoms with Gasteiger partial charge in [-0.1, -0.05) is 37.3 Å². The molecule has 1 amide bonds. The molecule has 2 aromatic carbocycles. The van der Waals surface area contributed by atoms with Crippen LogP contribution in [0.15, 0.2) is 53.5 Å². The number of nitrogens with two attached hydrogens (primary N) is 1. The van der Waals surface area contributed by atoms with Crippen LogP contribution in [0.2, 0.25) is 0 Å². The van der Waals surface area contributed by atoms with Gasteiger partial charge in [0.25, 0.3) is 0 Å². The van der Waals surface area contributed by atoms with Crippen LogP contribution in [0.4, 0.5) is 5.69 Å². The number of hydrogen-bond donors (Lipinski definition) is 3. The Morgan fingerprint density at radius 3 is 2.89 bits per heavy atom. The lowest BCUT2D eigenvalue weighted by Crippen LogP contribution is -2.38. The van der Waals surface area contributed by atoms with Crippen LogP contribution in [0.25, 0.3) is 0 Å². The van der Waals surface area contributed by atoms with Crippen molar-refractivity contribution in [2.75, 3.05) is 18.5 Å². The van der Waals surface area contributed by atoms with Crippen LogP contribution in [0.3, 0.4) is 0 Å². The molecule has 7 heteroatoms. The third kappa shape index (κ3) is 5.85. The molecule has 6 nitrogen and oxygen atoms in total. The minimum atomic E-state index is -0.199. The minimum absolute atomic E-state index is 0. The fourth-order valence-corrected chi connectivity index (χ4v) is 2.94. The number of nitrogens with zero attached hydrogens (tertiary/aromatic N) is 1. The second-order valence-electron chi connectivity index (χ2n) is 6.18. The number of aliphatic imine (C=N–C) groups is 1. The lowest BCUT2D eigenvalue weighted by atomic mass is 10.0. The Bertz CT molecular complexity index is 810. The van der Waals surface area contributed by atoms with E-state index in [1.54, 1.807) is 0 Å². The highest BCUT2D eigenvalue weighted by Crippen LogP contribution is 2.31. The first-order valence-electron chi connectivity index (χ1n) is 8.82. The predicted molar refractivity (Wildman–Crippen MR) is 119 cm³/mol. The Hall–Kier alpha value is -2.29. The lowest BCUT2D eigenvalue weighted by Gasteiger charge is -2.26. The van der Waals surface area contributed by atoms with Crippen LogP contribution in [-0.4, -0.2) is 25.0 Å². The molecule has 2 aromatic rings. The van der Waals surface area contributed by atoms with Crippen LogP contribution in [0.5, 0.6) is 5.75 Å². The summed E-state index contributed by atoms with van der Waals surface area (Å²) >= 11 is 0. The number of halogens is 1. The Balaban J connectivity index is 0.00000261. The number of benzene rings is 2. The summed E-state index contributed by atoms with van der Waals surface area (Å²) in [4.78, 5) is 16.2. The molecule has 0 aromatic heterocycles. The smallest absolute Gasteiger partial charge is 0.246 e. The molecule has 0 radical (unpaired) electrons. The van der Waals surface area contributed by atoms with E-state index >= 15 is 0 Å². The molecule has 0 saturated heterocycles. The number of rotatable bonds is 5. The summed E-state index contributed by atoms with van der Waals surface area (Å²) in [5.41, 5.74) is 8.97. The maximum Gasteiger partial charge on any atom is 0.246 e. The van der Waals surface area contributed by atoms with Gasteiger partial charge in [-0.2, -0.15) is 0 Å². The summed E-state index contributed by atoms with van der Waals surface area (Å²) in [5.74, 6) is 0.914. The molecule has 3 rings (SSSR count). The molecular weight excluding hydrogens is 455 g/mol. The monoisotopic (exact) mass is 480 g/mol. The fourth-order valence-electron chi connectivity index (χ4n) is 2.94. The number of carbonyl (C=O) groups excluding carboxylic acids is 1. The number of ether oxygens (including phenoxy) is 1. The molecule has 0 bridgehead atoms. The SMILES string of the molecule is CCc1cccc(NC(=O)CN=C(N)NC2CCOc3ccccc32)c1.I. The third-order valence-corrected chi connectivity index (χ3v) is 4.29. The van der Waals surface area contributed by atoms with Crippen LogP contribution in [-0.2, 0) is 11.2 Å². The van der Waals surface area contributed by atoms with Gasteiger partial charge in [0.15, 0.2) is 5.96 Å². The second kappa shape index (κ2) is 10.1. The van der Waals surface area contributed by atoms with E-state index in [4.69, 9.17) is 10.5 Å². The van der Waals surface area contributed by atoms with Crippen molar-refractivity contribution in [1.82, 2.24) is 5.32 Å². The van der Waals surface area contributed by atoms with E-state index in [1.165, 1.54) is 5.56 Å². The molecule has 1 aliphatic heterocycles. The van der Waals surface area contributed by atoms with Gasteiger partial charge >= 0.3 is 0 Å². The Morgan fingerprint density at radius 2 is 2.07 bits per heavy atom. The largest absolute Gasteiger partial charge is 0.493 e. The number of carbonyl (C=O) groups is 1. The quantitative estimate of drug-likeness (QED) is 0.349. The average Bonchev–Trinajstić information content (AvgIpc) is 2.67. The molecule has 1 aliphatic rings. The van der Waals surface area contributed by atoms with E-state index in [1.807, 2.05) is 48.5 Å². The first-order chi connectivity index (χ1) is 12.7. The second-order valence-corrected chi connectivity index (χ2v) is 6.18. The number of fused-ring (bicyclic) bond motifs is 1. The zero-order valence-corrected chi connectivity index (χ0v) is 17.6. The first-order valence-corrected chi connectivity index (χ1v) is 8.82. The molecule has 1 atom stereocenters. The number of para-hydroxylation sites is 1. The van der Waals surface area contributed by atoms with Gasteiger partial charge in [0.1, 0.15) is 12.3 Å². The Kier molecular flexibility index (Phi) is 7.90. The first kappa shape index (κ1) is 21.0. The van der Waals surface area contributed by atoms with Gasteiger partial charge in [-0.15, -0.1) is 24.0 Å². The number of anilines is 1. The summed E-state index contributed by atoms with van der Waals surface area (Å²) in [5, 5.41) is 6.02. The normalized spacial score (nSPS) is 15.7. The van der Waals surface area contributed by atoms with Gasteiger partial charge in [-0.25, -0.2) is 4.99 Å². The Morgan fingerprint density at radius 1 is 1.26 bits per heavy atom. The van der Waals surface area contributed by atoms with Crippen molar-refractivity contribution in [2.45, 2.75) is 25.8 Å². The zero-order chi connectivity index (χ0) is 18.4. The Labute approximate surface area is 176 Å². The van der Waals surface area contributed by atoms with Gasteiger partial charge in [0.05, 0.1) is 12.6 Å².